The average molecular weight is 376 g/mol. The molecule has 2 N–H and O–H groups in total. The molecule has 0 spiro atoms. The van der Waals surface area contributed by atoms with E-state index in [-0.39, 0.29) is 36.8 Å². The van der Waals surface area contributed by atoms with Crippen LogP contribution in [0.4, 0.5) is 5.69 Å². The van der Waals surface area contributed by atoms with Gasteiger partial charge in [-0.25, -0.2) is 4.98 Å². The Hall–Kier alpha value is -1.30. The number of hydrogen-bond acceptors (Lipinski definition) is 4. The Morgan fingerprint density at radius 2 is 1.83 bits per heavy atom. The monoisotopic (exact) mass is 375 g/mol. The molecule has 1 amide bonds. The van der Waals surface area contributed by atoms with Crippen LogP contribution >= 0.6 is 36.2 Å². The van der Waals surface area contributed by atoms with Gasteiger partial charge >= 0.3 is 0 Å². The second-order valence-electron chi connectivity index (χ2n) is 5.28. The van der Waals surface area contributed by atoms with Crippen LogP contribution in [-0.4, -0.2) is 22.8 Å². The quantitative estimate of drug-likeness (QED) is 0.822. The molecule has 7 heteroatoms. The molecule has 1 atom stereocenters. The Labute approximate surface area is 153 Å². The van der Waals surface area contributed by atoms with E-state index in [1.54, 1.807) is 16.2 Å². The van der Waals surface area contributed by atoms with Crippen LogP contribution in [0.3, 0.4) is 0 Å². The molecule has 0 saturated carbocycles. The number of rotatable bonds is 4. The Kier molecular flexibility index (Phi) is 8.59. The summed E-state index contributed by atoms with van der Waals surface area (Å²) < 4.78 is 0. The van der Waals surface area contributed by atoms with E-state index in [4.69, 9.17) is 5.73 Å². The van der Waals surface area contributed by atoms with Crippen molar-refractivity contribution >= 4 is 47.7 Å². The second-order valence-corrected chi connectivity index (χ2v) is 6.52. The molecular weight excluding hydrogens is 353 g/mol. The number of nitrogens with two attached hydrogens (primary N) is 1. The van der Waals surface area contributed by atoms with E-state index in [9.17, 15) is 4.79 Å². The average Bonchev–Trinajstić information content (AvgIpc) is 2.78. The minimum absolute atomic E-state index is 0. The van der Waals surface area contributed by atoms with Gasteiger partial charge in [-0.05, 0) is 38.5 Å². The zero-order valence-electron chi connectivity index (χ0n) is 13.7. The summed E-state index contributed by atoms with van der Waals surface area (Å²) in [5.41, 5.74) is 8.36. The predicted molar refractivity (Wildman–Crippen MR) is 102 cm³/mol. The largest absolute Gasteiger partial charge is 0.399 e. The first kappa shape index (κ1) is 21.7. The summed E-state index contributed by atoms with van der Waals surface area (Å²) in [6.45, 7) is 6.03. The molecule has 0 aliphatic carbocycles. The first-order chi connectivity index (χ1) is 9.88. The number of carbonyl (C=O) groups is 1. The van der Waals surface area contributed by atoms with Gasteiger partial charge in [-0.1, -0.05) is 12.1 Å². The third kappa shape index (κ3) is 5.37. The first-order valence-corrected chi connectivity index (χ1v) is 7.74. The van der Waals surface area contributed by atoms with Crippen LogP contribution in [0.25, 0.3) is 0 Å². The lowest BCUT2D eigenvalue weighted by molar-refractivity contribution is -0.131. The van der Waals surface area contributed by atoms with Gasteiger partial charge in [0.05, 0.1) is 23.2 Å². The third-order valence-corrected chi connectivity index (χ3v) is 4.87. The van der Waals surface area contributed by atoms with E-state index in [1.807, 2.05) is 52.1 Å². The van der Waals surface area contributed by atoms with Crippen molar-refractivity contribution in [1.29, 1.82) is 0 Å². The highest BCUT2D eigenvalue weighted by atomic mass is 35.5. The Bertz CT molecular complexity index is 643. The number of benzene rings is 1. The van der Waals surface area contributed by atoms with Crippen molar-refractivity contribution < 1.29 is 4.79 Å². The molecule has 4 nitrogen and oxygen atoms in total. The summed E-state index contributed by atoms with van der Waals surface area (Å²) in [7, 11) is 1.85. The van der Waals surface area contributed by atoms with Crippen molar-refractivity contribution in [3.63, 3.8) is 0 Å². The highest BCUT2D eigenvalue weighted by Gasteiger charge is 2.21. The highest BCUT2D eigenvalue weighted by Crippen LogP contribution is 2.28. The number of aryl methyl sites for hydroxylation is 2. The smallest absolute Gasteiger partial charge is 0.227 e. The highest BCUT2D eigenvalue weighted by molar-refractivity contribution is 7.11. The number of hydrogen-bond donors (Lipinski definition) is 1. The van der Waals surface area contributed by atoms with Crippen molar-refractivity contribution in [3.8, 4) is 0 Å². The standard InChI is InChI=1S/C16H21N3OS.2ClH/c1-10-16(21-12(3)18-10)11(2)19(4)15(20)9-13-5-7-14(17)8-6-13;;/h5-8,11H,9,17H2,1-4H3;2*1H. The lowest BCUT2D eigenvalue weighted by Gasteiger charge is -2.24. The van der Waals surface area contributed by atoms with Gasteiger partial charge in [-0.2, -0.15) is 0 Å². The van der Waals surface area contributed by atoms with Gasteiger partial charge in [0.2, 0.25) is 5.91 Å². The van der Waals surface area contributed by atoms with Crippen molar-refractivity contribution in [3.05, 3.63) is 45.4 Å². The summed E-state index contributed by atoms with van der Waals surface area (Å²) in [6, 6.07) is 7.48. The summed E-state index contributed by atoms with van der Waals surface area (Å²) in [5, 5.41) is 1.04. The van der Waals surface area contributed by atoms with Gasteiger partial charge in [0, 0.05) is 17.6 Å². The van der Waals surface area contributed by atoms with E-state index in [1.165, 1.54) is 0 Å². The van der Waals surface area contributed by atoms with Gasteiger partial charge in [0.15, 0.2) is 0 Å². The number of nitrogens with zero attached hydrogens (tertiary/aromatic N) is 2. The van der Waals surface area contributed by atoms with Crippen molar-refractivity contribution in [2.75, 3.05) is 12.8 Å². The molecule has 1 aromatic heterocycles. The fourth-order valence-electron chi connectivity index (χ4n) is 2.26. The molecule has 0 bridgehead atoms. The zero-order valence-corrected chi connectivity index (χ0v) is 16.1. The van der Waals surface area contributed by atoms with E-state index in [0.29, 0.717) is 12.1 Å². The summed E-state index contributed by atoms with van der Waals surface area (Å²) in [4.78, 5) is 19.8. The number of aromatic nitrogens is 1. The van der Waals surface area contributed by atoms with E-state index in [0.717, 1.165) is 21.1 Å². The molecule has 23 heavy (non-hydrogen) atoms. The predicted octanol–water partition coefficient (Wildman–Crippen LogP) is 3.95. The second kappa shape index (κ2) is 9.11. The van der Waals surface area contributed by atoms with Crippen LogP contribution in [0, 0.1) is 13.8 Å². The molecule has 0 fully saturated rings. The number of halogens is 2. The first-order valence-electron chi connectivity index (χ1n) is 6.92. The van der Waals surface area contributed by atoms with Gasteiger partial charge < -0.3 is 10.6 Å². The maximum atomic E-state index is 12.4. The summed E-state index contributed by atoms with van der Waals surface area (Å²) >= 11 is 1.65. The molecule has 1 unspecified atom stereocenters. The Balaban J connectivity index is 0.00000242. The van der Waals surface area contributed by atoms with E-state index < -0.39 is 0 Å². The van der Waals surface area contributed by atoms with Crippen molar-refractivity contribution in [2.24, 2.45) is 0 Å². The molecule has 0 saturated heterocycles. The van der Waals surface area contributed by atoms with Gasteiger partial charge in [0.1, 0.15) is 0 Å². The van der Waals surface area contributed by atoms with Crippen molar-refractivity contribution in [1.82, 2.24) is 9.88 Å². The van der Waals surface area contributed by atoms with Gasteiger partial charge in [-0.3, -0.25) is 4.79 Å². The number of amides is 1. The minimum atomic E-state index is 0. The van der Waals surface area contributed by atoms with Gasteiger partial charge in [0.25, 0.3) is 0 Å². The molecule has 1 heterocycles. The molecule has 0 aliphatic heterocycles. The van der Waals surface area contributed by atoms with E-state index in [2.05, 4.69) is 4.98 Å². The van der Waals surface area contributed by atoms with Crippen LogP contribution in [-0.2, 0) is 11.2 Å². The molecule has 2 rings (SSSR count). The molecule has 128 valence electrons. The maximum Gasteiger partial charge on any atom is 0.227 e. The Morgan fingerprint density at radius 1 is 1.26 bits per heavy atom. The summed E-state index contributed by atoms with van der Waals surface area (Å²) in [5.74, 6) is 0.0951. The SMILES string of the molecule is Cc1nc(C)c(C(C)N(C)C(=O)Cc2ccc(N)cc2)s1.Cl.Cl. The lowest BCUT2D eigenvalue weighted by atomic mass is 10.1. The maximum absolute atomic E-state index is 12.4. The topological polar surface area (TPSA) is 59.2 Å². The Morgan fingerprint density at radius 3 is 2.30 bits per heavy atom. The van der Waals surface area contributed by atoms with E-state index >= 15 is 0 Å². The molecule has 2 aromatic rings. The lowest BCUT2D eigenvalue weighted by Crippen LogP contribution is -2.30. The number of anilines is 1. The number of carbonyl (C=O) groups excluding carboxylic acids is 1. The van der Waals surface area contributed by atoms with Crippen LogP contribution in [0.15, 0.2) is 24.3 Å². The fraction of sp³-hybridized carbons (Fsp3) is 0.375. The molecule has 0 aliphatic rings. The van der Waals surface area contributed by atoms with Crippen molar-refractivity contribution in [2.45, 2.75) is 33.2 Å². The number of thiazole rings is 1. The van der Waals surface area contributed by atoms with Crippen LogP contribution in [0.2, 0.25) is 0 Å². The normalized spacial score (nSPS) is 11.1. The number of likely N-dealkylation sites (N-methyl/N-ethyl adjacent to an activating group) is 1. The fourth-order valence-corrected chi connectivity index (χ4v) is 3.28. The van der Waals surface area contributed by atoms with Crippen LogP contribution < -0.4 is 5.73 Å². The van der Waals surface area contributed by atoms with Crippen LogP contribution in [0.5, 0.6) is 0 Å². The third-order valence-electron chi connectivity index (χ3n) is 3.63. The molecular formula is C16H23Cl2N3OS. The molecule has 0 radical (unpaired) electrons. The van der Waals surface area contributed by atoms with Crippen LogP contribution in [0.1, 0.15) is 34.1 Å². The minimum Gasteiger partial charge on any atom is -0.399 e. The van der Waals surface area contributed by atoms with Gasteiger partial charge in [-0.15, -0.1) is 36.2 Å². The molecule has 1 aromatic carbocycles. The number of nitrogen functional groups attached to an aromatic ring is 1. The summed E-state index contributed by atoms with van der Waals surface area (Å²) in [6.07, 6.45) is 0.387. The zero-order chi connectivity index (χ0) is 15.6.